The van der Waals surface area contributed by atoms with Crippen LogP contribution in [0.1, 0.15) is 37.5 Å². The zero-order valence-electron chi connectivity index (χ0n) is 19.5. The Kier molecular flexibility index (Phi) is 7.91. The second-order valence-corrected chi connectivity index (χ2v) is 9.37. The molecule has 1 fully saturated rings. The first kappa shape index (κ1) is 25.4. The molecule has 1 saturated heterocycles. The summed E-state index contributed by atoms with van der Waals surface area (Å²) in [7, 11) is 2.12. The van der Waals surface area contributed by atoms with Crippen LogP contribution in [0.15, 0.2) is 36.8 Å². The van der Waals surface area contributed by atoms with Gasteiger partial charge in [0.2, 0.25) is 5.91 Å². The van der Waals surface area contributed by atoms with Crippen molar-refractivity contribution in [3.63, 3.8) is 0 Å². The molecule has 3 N–H and O–H groups in total. The number of anilines is 1. The summed E-state index contributed by atoms with van der Waals surface area (Å²) in [5, 5.41) is 7.33. The van der Waals surface area contributed by atoms with Gasteiger partial charge in [-0.2, -0.15) is 5.10 Å². The largest absolute Gasteiger partial charge is 0.482 e. The van der Waals surface area contributed by atoms with E-state index >= 15 is 0 Å². The Morgan fingerprint density at radius 3 is 2.74 bits per heavy atom. The van der Waals surface area contributed by atoms with Crippen LogP contribution in [0, 0.1) is 5.82 Å². The van der Waals surface area contributed by atoms with Crippen LogP contribution >= 0.6 is 23.2 Å². The summed E-state index contributed by atoms with van der Waals surface area (Å²) in [6.07, 6.45) is 6.71. The summed E-state index contributed by atoms with van der Waals surface area (Å²) in [6.45, 7) is 3.52. The van der Waals surface area contributed by atoms with E-state index in [1.807, 2.05) is 10.9 Å². The van der Waals surface area contributed by atoms with E-state index < -0.39 is 17.8 Å². The lowest BCUT2D eigenvalue weighted by Crippen LogP contribution is -2.31. The summed E-state index contributed by atoms with van der Waals surface area (Å²) < 4.78 is 22.2. The van der Waals surface area contributed by atoms with Gasteiger partial charge in [-0.15, -0.1) is 0 Å². The van der Waals surface area contributed by atoms with E-state index in [9.17, 15) is 9.18 Å². The van der Waals surface area contributed by atoms with Crippen LogP contribution in [-0.4, -0.2) is 52.3 Å². The zero-order chi connectivity index (χ0) is 25.1. The maximum absolute atomic E-state index is 14.1. The highest BCUT2D eigenvalue weighted by atomic mass is 35.5. The molecule has 3 heterocycles. The van der Waals surface area contributed by atoms with Gasteiger partial charge in [0.15, 0.2) is 11.6 Å². The van der Waals surface area contributed by atoms with Crippen LogP contribution in [0.3, 0.4) is 0 Å². The monoisotopic (exact) mass is 520 g/mol. The standard InChI is InChI=1S/C24H27Cl2FN6O2/c1-14(22-18(25)3-4-19(27)23(22)26)35-20-9-15(11-29-24(20)31-21(34)10-28)16-12-30-33(13-16)17-5-7-32(2)8-6-17/h3-4,9,11-14,17H,5-8,10,28H2,1-2H3,(H,29,31,34). The topological polar surface area (TPSA) is 98.3 Å². The highest BCUT2D eigenvalue weighted by Crippen LogP contribution is 2.37. The average molecular weight is 521 g/mol. The van der Waals surface area contributed by atoms with Gasteiger partial charge < -0.3 is 20.7 Å². The van der Waals surface area contributed by atoms with E-state index in [4.69, 9.17) is 33.7 Å². The van der Waals surface area contributed by atoms with Crippen LogP contribution in [0.4, 0.5) is 10.2 Å². The lowest BCUT2D eigenvalue weighted by atomic mass is 10.1. The van der Waals surface area contributed by atoms with Crippen molar-refractivity contribution in [3.8, 4) is 16.9 Å². The SMILES string of the molecule is CC(Oc1cc(-c2cnn(C3CCN(C)CC3)c2)cnc1NC(=O)CN)c1c(Cl)ccc(F)c1Cl. The number of amides is 1. The van der Waals surface area contributed by atoms with Crippen molar-refractivity contribution in [1.29, 1.82) is 0 Å². The Balaban J connectivity index is 1.64. The van der Waals surface area contributed by atoms with Gasteiger partial charge in [0.25, 0.3) is 0 Å². The number of aromatic nitrogens is 3. The maximum Gasteiger partial charge on any atom is 0.239 e. The number of likely N-dealkylation sites (tertiary alicyclic amines) is 1. The number of pyridine rings is 1. The van der Waals surface area contributed by atoms with Gasteiger partial charge in [-0.1, -0.05) is 23.2 Å². The van der Waals surface area contributed by atoms with Crippen LogP contribution in [0.25, 0.3) is 11.1 Å². The molecule has 0 saturated carbocycles. The number of benzene rings is 1. The smallest absolute Gasteiger partial charge is 0.239 e. The normalized spacial score (nSPS) is 15.7. The van der Waals surface area contributed by atoms with Crippen molar-refractivity contribution >= 4 is 34.9 Å². The number of ether oxygens (including phenoxy) is 1. The van der Waals surface area contributed by atoms with E-state index in [0.29, 0.717) is 11.6 Å². The van der Waals surface area contributed by atoms with E-state index in [1.165, 1.54) is 12.1 Å². The highest BCUT2D eigenvalue weighted by Gasteiger charge is 2.22. The second-order valence-electron chi connectivity index (χ2n) is 8.58. The van der Waals surface area contributed by atoms with Gasteiger partial charge in [-0.25, -0.2) is 9.37 Å². The quantitative estimate of drug-likeness (QED) is 0.438. The molecule has 0 aliphatic carbocycles. The molecule has 1 aromatic carbocycles. The van der Waals surface area contributed by atoms with Gasteiger partial charge in [-0.3, -0.25) is 9.48 Å². The number of rotatable bonds is 7. The molecule has 35 heavy (non-hydrogen) atoms. The Morgan fingerprint density at radius 1 is 1.29 bits per heavy atom. The molecule has 1 aliphatic heterocycles. The maximum atomic E-state index is 14.1. The first-order valence-corrected chi connectivity index (χ1v) is 12.1. The Hall–Kier alpha value is -2.72. The summed E-state index contributed by atoms with van der Waals surface area (Å²) in [5.74, 6) is -0.589. The molecule has 3 aromatic rings. The van der Waals surface area contributed by atoms with Gasteiger partial charge in [0, 0.05) is 34.1 Å². The number of nitrogens with two attached hydrogens (primary N) is 1. The van der Waals surface area contributed by atoms with E-state index in [2.05, 4.69) is 27.3 Å². The lowest BCUT2D eigenvalue weighted by molar-refractivity contribution is -0.114. The molecule has 11 heteroatoms. The molecule has 1 atom stereocenters. The minimum atomic E-state index is -0.738. The third kappa shape index (κ3) is 5.75. The molecule has 1 unspecified atom stereocenters. The third-order valence-corrected chi connectivity index (χ3v) is 6.80. The van der Waals surface area contributed by atoms with Crippen molar-refractivity contribution in [1.82, 2.24) is 19.7 Å². The molecule has 8 nitrogen and oxygen atoms in total. The number of hydrogen-bond acceptors (Lipinski definition) is 6. The van der Waals surface area contributed by atoms with Crippen molar-refractivity contribution in [3.05, 3.63) is 58.2 Å². The molecule has 1 aliphatic rings. The molecule has 186 valence electrons. The van der Waals surface area contributed by atoms with Crippen molar-refractivity contribution in [2.24, 2.45) is 5.73 Å². The molecule has 0 spiro atoms. The van der Waals surface area contributed by atoms with Crippen LogP contribution in [0.2, 0.25) is 10.0 Å². The molecule has 4 rings (SSSR count). The number of carbonyl (C=O) groups excluding carboxylic acids is 1. The fraction of sp³-hybridized carbons (Fsp3) is 0.375. The van der Waals surface area contributed by atoms with E-state index in [1.54, 1.807) is 25.4 Å². The summed E-state index contributed by atoms with van der Waals surface area (Å²) in [6, 6.07) is 4.69. The molecule has 1 amide bonds. The fourth-order valence-corrected chi connectivity index (χ4v) is 4.76. The summed E-state index contributed by atoms with van der Waals surface area (Å²) in [4.78, 5) is 18.7. The molecular formula is C24H27Cl2FN6O2. The van der Waals surface area contributed by atoms with Gasteiger partial charge in [-0.05, 0) is 58.1 Å². The highest BCUT2D eigenvalue weighted by molar-refractivity contribution is 6.36. The second kappa shape index (κ2) is 10.9. The fourth-order valence-electron chi connectivity index (χ4n) is 4.08. The number of piperidine rings is 1. The van der Waals surface area contributed by atoms with Gasteiger partial charge in [0.1, 0.15) is 11.9 Å². The van der Waals surface area contributed by atoms with Crippen LogP contribution in [0.5, 0.6) is 5.75 Å². The van der Waals surface area contributed by atoms with Crippen LogP contribution in [-0.2, 0) is 4.79 Å². The Morgan fingerprint density at radius 2 is 2.03 bits per heavy atom. The first-order chi connectivity index (χ1) is 16.8. The van der Waals surface area contributed by atoms with Gasteiger partial charge >= 0.3 is 0 Å². The minimum absolute atomic E-state index is 0.124. The van der Waals surface area contributed by atoms with E-state index in [0.717, 1.165) is 37.1 Å². The molecule has 0 radical (unpaired) electrons. The lowest BCUT2D eigenvalue weighted by Gasteiger charge is -2.28. The van der Waals surface area contributed by atoms with E-state index in [-0.39, 0.29) is 28.2 Å². The summed E-state index contributed by atoms with van der Waals surface area (Å²) >= 11 is 12.4. The minimum Gasteiger partial charge on any atom is -0.482 e. The van der Waals surface area contributed by atoms with Crippen molar-refractivity contribution < 1.29 is 13.9 Å². The summed E-state index contributed by atoms with van der Waals surface area (Å²) in [5.41, 5.74) is 7.34. The number of nitrogens with one attached hydrogen (secondary N) is 1. The van der Waals surface area contributed by atoms with Crippen molar-refractivity contribution in [2.45, 2.75) is 31.9 Å². The zero-order valence-corrected chi connectivity index (χ0v) is 21.0. The number of nitrogens with zero attached hydrogens (tertiary/aromatic N) is 4. The third-order valence-electron chi connectivity index (χ3n) is 6.08. The molecular weight excluding hydrogens is 494 g/mol. The van der Waals surface area contributed by atoms with Gasteiger partial charge in [0.05, 0.1) is 23.8 Å². The number of carbonyl (C=O) groups is 1. The number of hydrogen-bond donors (Lipinski definition) is 2. The van der Waals surface area contributed by atoms with Crippen molar-refractivity contribution in [2.75, 3.05) is 32.0 Å². The van der Waals surface area contributed by atoms with Crippen LogP contribution < -0.4 is 15.8 Å². The Labute approximate surface area is 213 Å². The predicted octanol–water partition coefficient (Wildman–Crippen LogP) is 4.69. The number of halogens is 3. The first-order valence-electron chi connectivity index (χ1n) is 11.3. The average Bonchev–Trinajstić information content (AvgIpc) is 3.33. The Bertz CT molecular complexity index is 1210. The predicted molar refractivity (Wildman–Crippen MR) is 134 cm³/mol. The molecule has 2 aromatic heterocycles. The molecule has 0 bridgehead atoms.